The summed E-state index contributed by atoms with van der Waals surface area (Å²) in [7, 11) is 0. The van der Waals surface area contributed by atoms with Crippen molar-refractivity contribution in [3.8, 4) is 0 Å². The first-order valence-corrected chi connectivity index (χ1v) is 3.77. The Bertz CT molecular complexity index is 125. The Balaban J connectivity index is 2.46. The lowest BCUT2D eigenvalue weighted by atomic mass is 9.76. The van der Waals surface area contributed by atoms with Gasteiger partial charge in [0.15, 0.2) is 0 Å². The smallest absolute Gasteiger partial charge is 0.125 e. The van der Waals surface area contributed by atoms with Gasteiger partial charge in [-0.15, -0.1) is 0 Å². The van der Waals surface area contributed by atoms with E-state index in [1.54, 1.807) is 0 Å². The topological polar surface area (TPSA) is 17.1 Å². The molecule has 1 saturated carbocycles. The largest absolute Gasteiger partial charge is 0.303 e. The van der Waals surface area contributed by atoms with Crippen LogP contribution in [-0.2, 0) is 4.79 Å². The molecule has 0 saturated heterocycles. The van der Waals surface area contributed by atoms with Crippen LogP contribution in [0.4, 0.5) is 4.39 Å². The number of carbonyl (C=O) groups excluding carboxylic acids is 1. The van der Waals surface area contributed by atoms with Gasteiger partial charge in [-0.25, -0.2) is 4.39 Å². The summed E-state index contributed by atoms with van der Waals surface area (Å²) in [6.45, 7) is 1.91. The fourth-order valence-electron chi connectivity index (χ4n) is 1.36. The van der Waals surface area contributed by atoms with Crippen LogP contribution in [0.3, 0.4) is 0 Å². The molecule has 10 heavy (non-hydrogen) atoms. The van der Waals surface area contributed by atoms with Gasteiger partial charge in [0.2, 0.25) is 0 Å². The van der Waals surface area contributed by atoms with Crippen LogP contribution in [0.15, 0.2) is 0 Å². The molecule has 2 heteroatoms. The normalized spacial score (nSPS) is 41.2. The van der Waals surface area contributed by atoms with E-state index in [9.17, 15) is 9.18 Å². The Kier molecular flexibility index (Phi) is 2.07. The Labute approximate surface area is 60.6 Å². The first-order chi connectivity index (χ1) is 4.66. The van der Waals surface area contributed by atoms with Gasteiger partial charge in [0.05, 0.1) is 0 Å². The summed E-state index contributed by atoms with van der Waals surface area (Å²) in [6.07, 6.45) is 2.88. The lowest BCUT2D eigenvalue weighted by Crippen LogP contribution is -2.26. The molecule has 1 rings (SSSR count). The molecule has 1 fully saturated rings. The van der Waals surface area contributed by atoms with Gasteiger partial charge in [-0.3, -0.25) is 0 Å². The van der Waals surface area contributed by atoms with Crippen molar-refractivity contribution in [1.29, 1.82) is 0 Å². The second kappa shape index (κ2) is 2.69. The van der Waals surface area contributed by atoms with E-state index in [4.69, 9.17) is 0 Å². The standard InChI is InChI=1S/C8H13FO/c1-8(6-10)4-2-7(9)3-5-8/h6-7H,2-5H2,1H3. The minimum Gasteiger partial charge on any atom is -0.303 e. The van der Waals surface area contributed by atoms with Crippen molar-refractivity contribution in [1.82, 2.24) is 0 Å². The summed E-state index contributed by atoms with van der Waals surface area (Å²) in [5.41, 5.74) is -0.220. The first-order valence-electron chi connectivity index (χ1n) is 3.77. The van der Waals surface area contributed by atoms with Crippen molar-refractivity contribution in [3.05, 3.63) is 0 Å². The molecule has 0 aliphatic heterocycles. The van der Waals surface area contributed by atoms with Crippen molar-refractivity contribution in [2.45, 2.75) is 38.8 Å². The van der Waals surface area contributed by atoms with E-state index in [0.717, 1.165) is 19.1 Å². The molecule has 0 atom stereocenters. The van der Waals surface area contributed by atoms with Crippen molar-refractivity contribution in [3.63, 3.8) is 0 Å². The molecule has 0 bridgehead atoms. The van der Waals surface area contributed by atoms with E-state index in [0.29, 0.717) is 12.8 Å². The number of alkyl halides is 1. The van der Waals surface area contributed by atoms with Gasteiger partial charge in [0.1, 0.15) is 12.5 Å². The average Bonchev–Trinajstić information content (AvgIpc) is 1.96. The molecule has 58 valence electrons. The van der Waals surface area contributed by atoms with Gasteiger partial charge in [-0.2, -0.15) is 0 Å². The van der Waals surface area contributed by atoms with Crippen LogP contribution in [-0.4, -0.2) is 12.5 Å². The molecule has 0 radical (unpaired) electrons. The van der Waals surface area contributed by atoms with Crippen LogP contribution in [0.1, 0.15) is 32.6 Å². The van der Waals surface area contributed by atoms with Gasteiger partial charge >= 0.3 is 0 Å². The third-order valence-corrected chi connectivity index (χ3v) is 2.34. The maximum absolute atomic E-state index is 12.5. The van der Waals surface area contributed by atoms with Gasteiger partial charge in [-0.1, -0.05) is 6.92 Å². The summed E-state index contributed by atoms with van der Waals surface area (Å²) in [6, 6.07) is 0. The highest BCUT2D eigenvalue weighted by Crippen LogP contribution is 2.34. The number of aldehydes is 1. The highest BCUT2D eigenvalue weighted by Gasteiger charge is 2.30. The minimum atomic E-state index is -0.659. The lowest BCUT2D eigenvalue weighted by molar-refractivity contribution is -0.117. The summed E-state index contributed by atoms with van der Waals surface area (Å²) in [5.74, 6) is 0. The average molecular weight is 144 g/mol. The zero-order valence-electron chi connectivity index (χ0n) is 6.27. The lowest BCUT2D eigenvalue weighted by Gasteiger charge is -2.29. The molecule has 0 aromatic heterocycles. The number of halogens is 1. The second-order valence-electron chi connectivity index (χ2n) is 3.45. The Morgan fingerprint density at radius 1 is 1.50 bits per heavy atom. The SMILES string of the molecule is CC1(C=O)CCC(F)CC1. The predicted octanol–water partition coefficient (Wildman–Crippen LogP) is 2.10. The molecule has 1 aliphatic carbocycles. The van der Waals surface area contributed by atoms with E-state index in [2.05, 4.69) is 0 Å². The zero-order chi connectivity index (χ0) is 7.61. The molecular formula is C8H13FO. The number of rotatable bonds is 1. The third-order valence-electron chi connectivity index (χ3n) is 2.34. The molecule has 0 aromatic rings. The molecule has 0 amide bonds. The number of hydrogen-bond acceptors (Lipinski definition) is 1. The van der Waals surface area contributed by atoms with Crippen LogP contribution in [0, 0.1) is 5.41 Å². The molecular weight excluding hydrogens is 131 g/mol. The van der Waals surface area contributed by atoms with E-state index in [1.807, 2.05) is 6.92 Å². The summed E-state index contributed by atoms with van der Waals surface area (Å²) in [5, 5.41) is 0. The fraction of sp³-hybridized carbons (Fsp3) is 0.875. The maximum Gasteiger partial charge on any atom is 0.125 e. The van der Waals surface area contributed by atoms with Gasteiger partial charge in [-0.05, 0) is 25.7 Å². The van der Waals surface area contributed by atoms with Crippen molar-refractivity contribution in [2.24, 2.45) is 5.41 Å². The monoisotopic (exact) mass is 144 g/mol. The van der Waals surface area contributed by atoms with Crippen molar-refractivity contribution in [2.75, 3.05) is 0 Å². The summed E-state index contributed by atoms with van der Waals surface area (Å²) >= 11 is 0. The Morgan fingerprint density at radius 3 is 2.40 bits per heavy atom. The first kappa shape index (κ1) is 7.70. The van der Waals surface area contributed by atoms with Crippen molar-refractivity contribution >= 4 is 6.29 Å². The molecule has 0 N–H and O–H groups in total. The zero-order valence-corrected chi connectivity index (χ0v) is 6.27. The van der Waals surface area contributed by atoms with Crippen molar-refractivity contribution < 1.29 is 9.18 Å². The molecule has 0 unspecified atom stereocenters. The van der Waals surface area contributed by atoms with Crippen LogP contribution in [0.25, 0.3) is 0 Å². The fourth-order valence-corrected chi connectivity index (χ4v) is 1.36. The Hall–Kier alpha value is -0.400. The van der Waals surface area contributed by atoms with E-state index in [1.165, 1.54) is 0 Å². The van der Waals surface area contributed by atoms with Crippen LogP contribution in [0.5, 0.6) is 0 Å². The van der Waals surface area contributed by atoms with Gasteiger partial charge < -0.3 is 4.79 Å². The predicted molar refractivity (Wildman–Crippen MR) is 37.5 cm³/mol. The minimum absolute atomic E-state index is 0.220. The highest BCUT2D eigenvalue weighted by atomic mass is 19.1. The van der Waals surface area contributed by atoms with Crippen LogP contribution in [0.2, 0.25) is 0 Å². The summed E-state index contributed by atoms with van der Waals surface area (Å²) in [4.78, 5) is 10.5. The van der Waals surface area contributed by atoms with Gasteiger partial charge in [0, 0.05) is 5.41 Å². The molecule has 0 spiro atoms. The number of carbonyl (C=O) groups is 1. The number of hydrogen-bond donors (Lipinski definition) is 0. The highest BCUT2D eigenvalue weighted by molar-refractivity contribution is 5.58. The molecule has 1 aliphatic rings. The quantitative estimate of drug-likeness (QED) is 0.515. The van der Waals surface area contributed by atoms with E-state index >= 15 is 0 Å². The second-order valence-corrected chi connectivity index (χ2v) is 3.45. The maximum atomic E-state index is 12.5. The Morgan fingerprint density at radius 2 is 2.00 bits per heavy atom. The van der Waals surface area contributed by atoms with E-state index in [-0.39, 0.29) is 5.41 Å². The molecule has 0 heterocycles. The van der Waals surface area contributed by atoms with E-state index < -0.39 is 6.17 Å². The third kappa shape index (κ3) is 1.55. The van der Waals surface area contributed by atoms with Crippen LogP contribution >= 0.6 is 0 Å². The van der Waals surface area contributed by atoms with Crippen LogP contribution < -0.4 is 0 Å². The summed E-state index contributed by atoms with van der Waals surface area (Å²) < 4.78 is 12.5. The molecule has 0 aromatic carbocycles. The van der Waals surface area contributed by atoms with Gasteiger partial charge in [0.25, 0.3) is 0 Å². The molecule has 1 nitrogen and oxygen atoms in total.